The molecular weight excluding hydrogens is 503 g/mol. The molecular formula is C19H13ClF3N5O5S. The van der Waals surface area contributed by atoms with Crippen LogP contribution in [0.25, 0.3) is 5.69 Å². The number of fused-ring (bicyclic) bond motifs is 1. The topological polar surface area (TPSA) is 156 Å². The summed E-state index contributed by atoms with van der Waals surface area (Å²) in [5, 5.41) is 1.74. The molecule has 34 heavy (non-hydrogen) atoms. The van der Waals surface area contributed by atoms with Gasteiger partial charge < -0.3 is 11.1 Å². The Hall–Kier alpha value is -3.62. The number of rotatable bonds is 4. The highest BCUT2D eigenvalue weighted by Crippen LogP contribution is 2.46. The fourth-order valence-corrected chi connectivity index (χ4v) is 5.06. The molecule has 2 heterocycles. The Morgan fingerprint density at radius 1 is 1.03 bits per heavy atom. The number of carbonyl (C=O) groups is 1. The fraction of sp³-hybridized carbons (Fsp3) is 0.105. The average Bonchev–Trinajstić information content (AvgIpc) is 3.02. The van der Waals surface area contributed by atoms with Crippen molar-refractivity contribution in [1.82, 2.24) is 14.3 Å². The molecule has 0 bridgehead atoms. The summed E-state index contributed by atoms with van der Waals surface area (Å²) < 4.78 is 71.0. The molecule has 10 nitrogen and oxygen atoms in total. The van der Waals surface area contributed by atoms with Gasteiger partial charge in [0.1, 0.15) is 5.82 Å². The van der Waals surface area contributed by atoms with E-state index in [-0.39, 0.29) is 16.4 Å². The van der Waals surface area contributed by atoms with Crippen LogP contribution in [0.15, 0.2) is 63.0 Å². The molecule has 0 aliphatic carbocycles. The minimum atomic E-state index is -5.65. The van der Waals surface area contributed by atoms with Crippen molar-refractivity contribution < 1.29 is 26.4 Å². The van der Waals surface area contributed by atoms with Crippen LogP contribution in [0.4, 0.5) is 24.7 Å². The van der Waals surface area contributed by atoms with Gasteiger partial charge in [-0.2, -0.15) is 17.9 Å². The molecule has 1 atom stereocenters. The average molecular weight is 516 g/mol. The molecule has 0 radical (unpaired) electrons. The van der Waals surface area contributed by atoms with Crippen LogP contribution in [0.3, 0.4) is 0 Å². The van der Waals surface area contributed by atoms with Gasteiger partial charge in [-0.3, -0.25) is 14.6 Å². The lowest BCUT2D eigenvalue weighted by Crippen LogP contribution is -2.61. The summed E-state index contributed by atoms with van der Waals surface area (Å²) in [5.74, 6) is -2.82. The number of nitrogens with two attached hydrogens (primary N) is 1. The molecule has 0 saturated carbocycles. The van der Waals surface area contributed by atoms with Crippen molar-refractivity contribution in [3.05, 3.63) is 80.0 Å². The van der Waals surface area contributed by atoms with Crippen LogP contribution in [0.5, 0.6) is 0 Å². The van der Waals surface area contributed by atoms with Crippen LogP contribution in [0, 0.1) is 0 Å². The van der Waals surface area contributed by atoms with Gasteiger partial charge in [0.15, 0.2) is 0 Å². The highest BCUT2D eigenvalue weighted by molar-refractivity contribution is 7.89. The number of sulfonamides is 1. The zero-order valence-corrected chi connectivity index (χ0v) is 18.2. The van der Waals surface area contributed by atoms with E-state index in [9.17, 15) is 36.0 Å². The normalized spacial score (nSPS) is 17.9. The van der Waals surface area contributed by atoms with Gasteiger partial charge in [-0.1, -0.05) is 23.7 Å². The van der Waals surface area contributed by atoms with Crippen molar-refractivity contribution in [2.45, 2.75) is 16.6 Å². The Morgan fingerprint density at radius 2 is 1.65 bits per heavy atom. The zero-order chi connectivity index (χ0) is 25.1. The van der Waals surface area contributed by atoms with Crippen LogP contribution in [0.1, 0.15) is 5.56 Å². The van der Waals surface area contributed by atoms with Gasteiger partial charge in [-0.15, -0.1) is 0 Å². The zero-order valence-electron chi connectivity index (χ0n) is 16.6. The first-order chi connectivity index (χ1) is 15.8. The lowest BCUT2D eigenvalue weighted by Gasteiger charge is -2.29. The maximum Gasteiger partial charge on any atom is 0.421 e. The number of H-pyrrole nitrogens is 1. The lowest BCUT2D eigenvalue weighted by molar-refractivity contribution is -0.194. The summed E-state index contributed by atoms with van der Waals surface area (Å²) in [5.41, 5.74) is -2.82. The molecule has 3 aromatic rings. The number of carbonyl (C=O) groups excluding carboxylic acids is 1. The van der Waals surface area contributed by atoms with E-state index in [0.29, 0.717) is 4.57 Å². The maximum atomic E-state index is 14.5. The molecule has 2 aromatic carbocycles. The summed E-state index contributed by atoms with van der Waals surface area (Å²) in [7, 11) is -5.04. The molecule has 15 heteroatoms. The van der Waals surface area contributed by atoms with Crippen molar-refractivity contribution in [3.8, 4) is 5.69 Å². The van der Waals surface area contributed by atoms with Gasteiger partial charge in [0.25, 0.3) is 11.5 Å². The van der Waals surface area contributed by atoms with E-state index < -0.39 is 55.2 Å². The highest BCUT2D eigenvalue weighted by Gasteiger charge is 2.69. The van der Waals surface area contributed by atoms with E-state index >= 15 is 0 Å². The summed E-state index contributed by atoms with van der Waals surface area (Å²) in [4.78, 5) is 39.0. The third kappa shape index (κ3) is 3.46. The second-order valence-corrected chi connectivity index (χ2v) is 9.24. The number of benzene rings is 2. The number of nitrogen functional groups attached to an aromatic ring is 1. The van der Waals surface area contributed by atoms with Crippen LogP contribution >= 0.6 is 11.6 Å². The molecule has 5 N–H and O–H groups in total. The van der Waals surface area contributed by atoms with Crippen molar-refractivity contribution in [2.75, 3.05) is 11.1 Å². The van der Waals surface area contributed by atoms with Gasteiger partial charge >= 0.3 is 11.9 Å². The molecule has 0 spiro atoms. The molecule has 1 aliphatic heterocycles. The van der Waals surface area contributed by atoms with Gasteiger partial charge in [-0.25, -0.2) is 17.8 Å². The van der Waals surface area contributed by atoms with E-state index in [1.54, 1.807) is 4.98 Å². The summed E-state index contributed by atoms with van der Waals surface area (Å²) in [6.07, 6.45) is -5.65. The number of anilines is 2. The largest absolute Gasteiger partial charge is 0.421 e. The summed E-state index contributed by atoms with van der Waals surface area (Å²) >= 11 is 6.06. The number of para-hydroxylation sites is 1. The number of halogens is 4. The van der Waals surface area contributed by atoms with Crippen molar-refractivity contribution >= 4 is 39.0 Å². The Balaban J connectivity index is 2.04. The monoisotopic (exact) mass is 515 g/mol. The van der Waals surface area contributed by atoms with Crippen molar-refractivity contribution in [3.63, 3.8) is 0 Å². The molecule has 1 unspecified atom stereocenters. The number of alkyl halides is 3. The molecule has 4 rings (SSSR count). The molecule has 178 valence electrons. The van der Waals surface area contributed by atoms with Gasteiger partial charge in [0.2, 0.25) is 15.6 Å². The fourth-order valence-electron chi connectivity index (χ4n) is 3.51. The number of amides is 1. The minimum absolute atomic E-state index is 0.0972. The smallest absolute Gasteiger partial charge is 0.399 e. The first kappa shape index (κ1) is 23.5. The molecule has 1 aromatic heterocycles. The standard InChI is InChI=1S/C19H13ClF3N5O5S/c20-11-3-1-2-4-12(11)28-14-13(15(29)26-17(28)31)18(16(30)25-14,19(21,22)23)27-34(32,33)10-7-5-9(24)6-8-10/h1-8,27H,24H2,(H,25,30)(H,26,29,31). The Labute approximate surface area is 193 Å². The second kappa shape index (κ2) is 7.72. The van der Waals surface area contributed by atoms with Gasteiger partial charge in [-0.05, 0) is 36.4 Å². The van der Waals surface area contributed by atoms with Gasteiger partial charge in [0.05, 0.1) is 21.2 Å². The Kier molecular flexibility index (Phi) is 5.34. The number of aromatic nitrogens is 2. The first-order valence-electron chi connectivity index (χ1n) is 9.22. The third-order valence-corrected chi connectivity index (χ3v) is 6.84. The SMILES string of the molecule is Nc1ccc(S(=O)(=O)NC2(C(F)(F)F)C(=O)Nc3c2c(=O)[nH]c(=O)n3-c2ccccc2Cl)cc1. The van der Waals surface area contributed by atoms with Crippen LogP contribution < -0.4 is 27.0 Å². The van der Waals surface area contributed by atoms with Crippen LogP contribution in [-0.2, 0) is 20.4 Å². The first-order valence-corrected chi connectivity index (χ1v) is 11.1. The molecule has 0 fully saturated rings. The number of hydrogen-bond donors (Lipinski definition) is 4. The number of aromatic amines is 1. The van der Waals surface area contributed by atoms with E-state index in [0.717, 1.165) is 24.3 Å². The molecule has 0 saturated heterocycles. The van der Waals surface area contributed by atoms with Crippen LogP contribution in [-0.4, -0.2) is 30.1 Å². The van der Waals surface area contributed by atoms with E-state index in [4.69, 9.17) is 17.3 Å². The summed E-state index contributed by atoms with van der Waals surface area (Å²) in [6, 6.07) is 9.54. The minimum Gasteiger partial charge on any atom is -0.399 e. The Morgan fingerprint density at radius 3 is 2.24 bits per heavy atom. The molecule has 1 aliphatic rings. The van der Waals surface area contributed by atoms with Crippen molar-refractivity contribution in [2.24, 2.45) is 0 Å². The predicted molar refractivity (Wildman–Crippen MR) is 115 cm³/mol. The quantitative estimate of drug-likeness (QED) is 0.385. The lowest BCUT2D eigenvalue weighted by atomic mass is 9.93. The third-order valence-electron chi connectivity index (χ3n) is 5.05. The van der Waals surface area contributed by atoms with Crippen molar-refractivity contribution in [1.29, 1.82) is 0 Å². The Bertz CT molecular complexity index is 1550. The van der Waals surface area contributed by atoms with Gasteiger partial charge in [0, 0.05) is 5.69 Å². The second-order valence-electron chi connectivity index (χ2n) is 7.15. The molecule has 1 amide bonds. The van der Waals surface area contributed by atoms with E-state index in [1.165, 1.54) is 29.0 Å². The summed E-state index contributed by atoms with van der Waals surface area (Å²) in [6.45, 7) is 0. The maximum absolute atomic E-state index is 14.5. The number of hydrogen-bond acceptors (Lipinski definition) is 6. The number of nitrogens with zero attached hydrogens (tertiary/aromatic N) is 1. The highest BCUT2D eigenvalue weighted by atomic mass is 35.5. The van der Waals surface area contributed by atoms with E-state index in [1.807, 2.05) is 5.32 Å². The number of nitrogens with one attached hydrogen (secondary N) is 3. The predicted octanol–water partition coefficient (Wildman–Crippen LogP) is 1.45. The van der Waals surface area contributed by atoms with E-state index in [2.05, 4.69) is 0 Å². The van der Waals surface area contributed by atoms with Crippen LogP contribution in [0.2, 0.25) is 5.02 Å².